The van der Waals surface area contributed by atoms with Crippen molar-refractivity contribution in [2.45, 2.75) is 0 Å². The second-order valence-corrected chi connectivity index (χ2v) is 6.25. The van der Waals surface area contributed by atoms with Gasteiger partial charge in [-0.05, 0) is 36.4 Å². The second-order valence-electron chi connectivity index (χ2n) is 4.60. The summed E-state index contributed by atoms with van der Waals surface area (Å²) in [5.41, 5.74) is 1.05. The van der Waals surface area contributed by atoms with Gasteiger partial charge in [-0.25, -0.2) is 9.79 Å². The van der Waals surface area contributed by atoms with Crippen LogP contribution in [0.3, 0.4) is 0 Å². The van der Waals surface area contributed by atoms with E-state index in [1.54, 1.807) is 36.4 Å². The van der Waals surface area contributed by atoms with Crippen molar-refractivity contribution in [1.82, 2.24) is 0 Å². The lowest BCUT2D eigenvalue weighted by atomic mass is 10.2. The highest BCUT2D eigenvalue weighted by Crippen LogP contribution is 2.30. The number of aliphatic imine (C=N–C) groups is 1. The summed E-state index contributed by atoms with van der Waals surface area (Å²) in [6, 6.07) is 9.85. The first-order chi connectivity index (χ1) is 11.0. The number of ether oxygens (including phenoxy) is 1. The largest absolute Gasteiger partial charge is 0.402 e. The normalized spacial score (nSPS) is 15.7. The molecule has 0 atom stereocenters. The van der Waals surface area contributed by atoms with E-state index in [0.717, 1.165) is 0 Å². The fourth-order valence-corrected chi connectivity index (χ4v) is 2.97. The number of halogens is 4. The number of rotatable bonds is 2. The number of carbonyl (C=O) groups excluding carboxylic acids is 1. The van der Waals surface area contributed by atoms with Crippen LogP contribution in [0.2, 0.25) is 20.1 Å². The molecule has 2 aromatic rings. The summed E-state index contributed by atoms with van der Waals surface area (Å²) in [5.74, 6) is -0.506. The summed E-state index contributed by atoms with van der Waals surface area (Å²) >= 11 is 24.1. The van der Waals surface area contributed by atoms with Crippen molar-refractivity contribution in [3.05, 3.63) is 73.3 Å². The van der Waals surface area contributed by atoms with Gasteiger partial charge in [-0.15, -0.1) is 0 Å². The average Bonchev–Trinajstić information content (AvgIpc) is 2.84. The lowest BCUT2D eigenvalue weighted by Crippen LogP contribution is -2.05. The van der Waals surface area contributed by atoms with Gasteiger partial charge in [0.1, 0.15) is 0 Å². The fourth-order valence-electron chi connectivity index (χ4n) is 1.97. The maximum absolute atomic E-state index is 12.0. The van der Waals surface area contributed by atoms with E-state index in [1.807, 2.05) is 0 Å². The molecule has 116 valence electrons. The van der Waals surface area contributed by atoms with Crippen LogP contribution in [0.4, 0.5) is 0 Å². The van der Waals surface area contributed by atoms with E-state index in [2.05, 4.69) is 4.99 Å². The number of benzene rings is 2. The molecule has 0 aliphatic carbocycles. The molecule has 1 aliphatic rings. The molecule has 23 heavy (non-hydrogen) atoms. The molecule has 0 N–H and O–H groups in total. The van der Waals surface area contributed by atoms with Crippen molar-refractivity contribution in [3.63, 3.8) is 0 Å². The van der Waals surface area contributed by atoms with Gasteiger partial charge < -0.3 is 4.74 Å². The zero-order chi connectivity index (χ0) is 16.6. The Bertz CT molecular complexity index is 854. The molecule has 0 saturated carbocycles. The van der Waals surface area contributed by atoms with Crippen LogP contribution in [-0.2, 0) is 9.53 Å². The number of esters is 1. The third-order valence-corrected chi connectivity index (χ3v) is 4.27. The third-order valence-electron chi connectivity index (χ3n) is 3.06. The average molecular weight is 387 g/mol. The predicted octanol–water partition coefficient (Wildman–Crippen LogP) is 5.64. The highest BCUT2D eigenvalue weighted by Gasteiger charge is 2.26. The SMILES string of the molecule is O=C1OC(c2ccc(Cl)cc2Cl)=N/C1=C\c1c(Cl)cccc1Cl. The van der Waals surface area contributed by atoms with Crippen molar-refractivity contribution >= 4 is 64.3 Å². The van der Waals surface area contributed by atoms with Gasteiger partial charge in [0.25, 0.3) is 0 Å². The Labute approximate surface area is 152 Å². The number of hydrogen-bond donors (Lipinski definition) is 0. The minimum atomic E-state index is -0.609. The lowest BCUT2D eigenvalue weighted by Gasteiger charge is -2.02. The van der Waals surface area contributed by atoms with Crippen LogP contribution >= 0.6 is 46.4 Å². The summed E-state index contributed by atoms with van der Waals surface area (Å²) in [6.07, 6.45) is 1.48. The van der Waals surface area contributed by atoms with Crippen LogP contribution in [0.5, 0.6) is 0 Å². The van der Waals surface area contributed by atoms with E-state index in [0.29, 0.717) is 31.2 Å². The molecule has 3 rings (SSSR count). The third kappa shape index (κ3) is 3.38. The van der Waals surface area contributed by atoms with Gasteiger partial charge in [0.2, 0.25) is 5.90 Å². The molecule has 1 heterocycles. The minimum Gasteiger partial charge on any atom is -0.402 e. The highest BCUT2D eigenvalue weighted by molar-refractivity contribution is 6.38. The number of carbonyl (C=O) groups is 1. The van der Waals surface area contributed by atoms with E-state index in [9.17, 15) is 4.79 Å². The standard InChI is InChI=1S/C16H7Cl4NO2/c17-8-4-5-9(13(20)6-8)15-21-14(16(22)23-15)7-10-11(18)2-1-3-12(10)19/h1-7H/b14-7-. The van der Waals surface area contributed by atoms with Crippen LogP contribution in [-0.4, -0.2) is 11.9 Å². The Balaban J connectivity index is 2.03. The van der Waals surface area contributed by atoms with Crippen molar-refractivity contribution in [2.75, 3.05) is 0 Å². The van der Waals surface area contributed by atoms with Gasteiger partial charge >= 0.3 is 5.97 Å². The molecule has 0 spiro atoms. The van der Waals surface area contributed by atoms with Gasteiger partial charge in [0, 0.05) is 20.6 Å². The van der Waals surface area contributed by atoms with Crippen LogP contribution < -0.4 is 0 Å². The number of hydrogen-bond acceptors (Lipinski definition) is 3. The van der Waals surface area contributed by atoms with Gasteiger partial charge in [0.05, 0.1) is 10.6 Å². The Kier molecular flexibility index (Phi) is 4.64. The fraction of sp³-hybridized carbons (Fsp3) is 0. The highest BCUT2D eigenvalue weighted by atomic mass is 35.5. The van der Waals surface area contributed by atoms with Gasteiger partial charge in [-0.1, -0.05) is 52.5 Å². The molecular weight excluding hydrogens is 380 g/mol. The zero-order valence-electron chi connectivity index (χ0n) is 11.3. The van der Waals surface area contributed by atoms with E-state index >= 15 is 0 Å². The summed E-state index contributed by atoms with van der Waals surface area (Å²) < 4.78 is 5.16. The second kappa shape index (κ2) is 6.54. The van der Waals surface area contributed by atoms with Gasteiger partial charge in [-0.2, -0.15) is 0 Å². The molecule has 0 fully saturated rings. The minimum absolute atomic E-state index is 0.0843. The van der Waals surface area contributed by atoms with Crippen LogP contribution in [0.25, 0.3) is 6.08 Å². The topological polar surface area (TPSA) is 38.7 Å². The van der Waals surface area contributed by atoms with Gasteiger partial charge in [-0.3, -0.25) is 0 Å². The monoisotopic (exact) mass is 385 g/mol. The molecule has 3 nitrogen and oxygen atoms in total. The summed E-state index contributed by atoms with van der Waals surface area (Å²) in [7, 11) is 0. The number of cyclic esters (lactones) is 1. The quantitative estimate of drug-likeness (QED) is 0.494. The first kappa shape index (κ1) is 16.3. The van der Waals surface area contributed by atoms with E-state index in [4.69, 9.17) is 51.1 Å². The molecule has 0 unspecified atom stereocenters. The molecule has 2 aromatic carbocycles. The summed E-state index contributed by atoms with van der Waals surface area (Å²) in [4.78, 5) is 16.2. The zero-order valence-corrected chi connectivity index (χ0v) is 14.3. The van der Waals surface area contributed by atoms with E-state index in [1.165, 1.54) is 6.08 Å². The maximum atomic E-state index is 12.0. The molecular formula is C16H7Cl4NO2. The van der Waals surface area contributed by atoms with E-state index in [-0.39, 0.29) is 11.6 Å². The van der Waals surface area contributed by atoms with Crippen molar-refractivity contribution in [1.29, 1.82) is 0 Å². The van der Waals surface area contributed by atoms with E-state index < -0.39 is 5.97 Å². The first-order valence-electron chi connectivity index (χ1n) is 6.37. The van der Waals surface area contributed by atoms with Crippen molar-refractivity contribution in [2.24, 2.45) is 4.99 Å². The molecule has 0 aromatic heterocycles. The lowest BCUT2D eigenvalue weighted by molar-refractivity contribution is -0.129. The summed E-state index contributed by atoms with van der Waals surface area (Å²) in [6.45, 7) is 0. The number of nitrogens with zero attached hydrogens (tertiary/aromatic N) is 1. The Morgan fingerprint density at radius 2 is 1.65 bits per heavy atom. The van der Waals surface area contributed by atoms with Crippen molar-refractivity contribution in [3.8, 4) is 0 Å². The molecule has 0 saturated heterocycles. The molecule has 0 radical (unpaired) electrons. The Morgan fingerprint density at radius 3 is 2.30 bits per heavy atom. The van der Waals surface area contributed by atoms with Crippen LogP contribution in [0, 0.1) is 0 Å². The molecule has 0 amide bonds. The molecule has 7 heteroatoms. The van der Waals surface area contributed by atoms with Crippen molar-refractivity contribution < 1.29 is 9.53 Å². The van der Waals surface area contributed by atoms with Crippen LogP contribution in [0.1, 0.15) is 11.1 Å². The maximum Gasteiger partial charge on any atom is 0.363 e. The smallest absolute Gasteiger partial charge is 0.363 e. The van der Waals surface area contributed by atoms with Gasteiger partial charge in [0.15, 0.2) is 5.70 Å². The molecule has 1 aliphatic heterocycles. The Morgan fingerprint density at radius 1 is 0.957 bits per heavy atom. The summed E-state index contributed by atoms with van der Waals surface area (Å²) in [5, 5.41) is 1.63. The van der Waals surface area contributed by atoms with Crippen LogP contribution in [0.15, 0.2) is 47.1 Å². The Hall–Kier alpha value is -1.52. The molecule has 0 bridgehead atoms. The first-order valence-corrected chi connectivity index (χ1v) is 7.89. The predicted molar refractivity (Wildman–Crippen MR) is 93.5 cm³/mol.